The van der Waals surface area contributed by atoms with E-state index in [-0.39, 0.29) is 11.7 Å². The van der Waals surface area contributed by atoms with Crippen molar-refractivity contribution < 1.29 is 13.2 Å². The highest BCUT2D eigenvalue weighted by Crippen LogP contribution is 2.30. The molecule has 0 spiro atoms. The smallest absolute Gasteiger partial charge is 0.235 e. The topological polar surface area (TPSA) is 66.5 Å². The summed E-state index contributed by atoms with van der Waals surface area (Å²) in [6, 6.07) is 5.48. The molecule has 1 saturated carbocycles. The molecule has 0 aromatic heterocycles. The van der Waals surface area contributed by atoms with E-state index in [0.29, 0.717) is 31.0 Å². The maximum absolute atomic E-state index is 12.3. The molecule has 2 fully saturated rings. The largest absolute Gasteiger partial charge is 0.326 e. The lowest BCUT2D eigenvalue weighted by Gasteiger charge is -2.22. The Morgan fingerprint density at radius 2 is 1.96 bits per heavy atom. The quantitative estimate of drug-likeness (QED) is 0.904. The Labute approximate surface area is 144 Å². The standard InChI is InChI=1S/C18H26N2O3S/c1-14-8-9-16(20-10-5-11-24(20,22)23)13-17(14)19-18(21)12-15-6-3-2-4-7-15/h8-9,13,15H,2-7,10-12H2,1H3,(H,19,21). The van der Waals surface area contributed by atoms with Crippen LogP contribution in [0.5, 0.6) is 0 Å². The van der Waals surface area contributed by atoms with E-state index in [2.05, 4.69) is 5.32 Å². The van der Waals surface area contributed by atoms with Gasteiger partial charge in [-0.1, -0.05) is 25.3 Å². The molecule has 1 aromatic rings. The van der Waals surface area contributed by atoms with Crippen molar-refractivity contribution in [1.82, 2.24) is 0 Å². The summed E-state index contributed by atoms with van der Waals surface area (Å²) >= 11 is 0. The first-order valence-electron chi connectivity index (χ1n) is 8.86. The minimum atomic E-state index is -3.20. The van der Waals surface area contributed by atoms with Gasteiger partial charge in [-0.25, -0.2) is 8.42 Å². The molecule has 0 radical (unpaired) electrons. The number of hydrogen-bond donors (Lipinski definition) is 1. The number of sulfonamides is 1. The third kappa shape index (κ3) is 3.91. The molecule has 1 N–H and O–H groups in total. The fourth-order valence-electron chi connectivity index (χ4n) is 3.68. The number of benzene rings is 1. The molecule has 0 unspecified atom stereocenters. The molecule has 0 bridgehead atoms. The molecule has 0 atom stereocenters. The zero-order chi connectivity index (χ0) is 17.2. The molecular formula is C18H26N2O3S. The number of nitrogens with zero attached hydrogens (tertiary/aromatic N) is 1. The highest BCUT2D eigenvalue weighted by molar-refractivity contribution is 7.93. The van der Waals surface area contributed by atoms with Crippen LogP contribution in [0.25, 0.3) is 0 Å². The lowest BCUT2D eigenvalue weighted by Crippen LogP contribution is -2.25. The van der Waals surface area contributed by atoms with Crippen LogP contribution in [0.3, 0.4) is 0 Å². The first-order valence-corrected chi connectivity index (χ1v) is 10.5. The Morgan fingerprint density at radius 1 is 1.21 bits per heavy atom. The molecular weight excluding hydrogens is 324 g/mol. The van der Waals surface area contributed by atoms with Gasteiger partial charge in [0.15, 0.2) is 0 Å². The highest BCUT2D eigenvalue weighted by Gasteiger charge is 2.28. The summed E-state index contributed by atoms with van der Waals surface area (Å²) in [4.78, 5) is 12.3. The van der Waals surface area contributed by atoms with Gasteiger partial charge in [-0.3, -0.25) is 9.10 Å². The van der Waals surface area contributed by atoms with Gasteiger partial charge in [0.25, 0.3) is 0 Å². The number of anilines is 2. The molecule has 5 nitrogen and oxygen atoms in total. The van der Waals surface area contributed by atoms with Crippen molar-refractivity contribution in [3.63, 3.8) is 0 Å². The van der Waals surface area contributed by atoms with Crippen molar-refractivity contribution in [2.45, 2.75) is 51.9 Å². The van der Waals surface area contributed by atoms with E-state index in [1.54, 1.807) is 6.07 Å². The lowest BCUT2D eigenvalue weighted by atomic mass is 9.87. The molecule has 3 rings (SSSR count). The second-order valence-electron chi connectivity index (χ2n) is 7.00. The number of nitrogens with one attached hydrogen (secondary N) is 1. The zero-order valence-electron chi connectivity index (χ0n) is 14.3. The Balaban J connectivity index is 1.71. The van der Waals surface area contributed by atoms with Gasteiger partial charge in [0, 0.05) is 18.7 Å². The van der Waals surface area contributed by atoms with Crippen molar-refractivity contribution in [3.05, 3.63) is 23.8 Å². The van der Waals surface area contributed by atoms with Crippen LogP contribution in [0.1, 0.15) is 50.5 Å². The van der Waals surface area contributed by atoms with Crippen LogP contribution in [-0.4, -0.2) is 26.6 Å². The minimum absolute atomic E-state index is 0.0337. The summed E-state index contributed by atoms with van der Waals surface area (Å²) < 4.78 is 25.6. The molecule has 1 aromatic carbocycles. The molecule has 1 saturated heterocycles. The summed E-state index contributed by atoms with van der Waals surface area (Å²) in [5.74, 6) is 0.720. The van der Waals surface area contributed by atoms with Crippen molar-refractivity contribution >= 4 is 27.3 Å². The number of aryl methyl sites for hydroxylation is 1. The van der Waals surface area contributed by atoms with Gasteiger partial charge < -0.3 is 5.32 Å². The van der Waals surface area contributed by atoms with Gasteiger partial charge in [-0.2, -0.15) is 0 Å². The second kappa shape index (κ2) is 7.13. The van der Waals surface area contributed by atoms with E-state index in [0.717, 1.165) is 24.1 Å². The van der Waals surface area contributed by atoms with E-state index >= 15 is 0 Å². The summed E-state index contributed by atoms with van der Waals surface area (Å²) in [5.41, 5.74) is 2.31. The number of hydrogen-bond acceptors (Lipinski definition) is 3. The van der Waals surface area contributed by atoms with E-state index in [4.69, 9.17) is 0 Å². The normalized spacial score (nSPS) is 21.0. The Hall–Kier alpha value is -1.56. The van der Waals surface area contributed by atoms with Gasteiger partial charge in [0.1, 0.15) is 0 Å². The lowest BCUT2D eigenvalue weighted by molar-refractivity contribution is -0.117. The van der Waals surface area contributed by atoms with Crippen LogP contribution in [0, 0.1) is 12.8 Å². The van der Waals surface area contributed by atoms with Crippen LogP contribution >= 0.6 is 0 Å². The molecule has 6 heteroatoms. The monoisotopic (exact) mass is 350 g/mol. The maximum Gasteiger partial charge on any atom is 0.235 e. The van der Waals surface area contributed by atoms with Crippen molar-refractivity contribution in [3.8, 4) is 0 Å². The SMILES string of the molecule is Cc1ccc(N2CCCS2(=O)=O)cc1NC(=O)CC1CCCCC1. The van der Waals surface area contributed by atoms with Gasteiger partial charge in [0.05, 0.1) is 11.4 Å². The predicted molar refractivity (Wildman–Crippen MR) is 96.8 cm³/mol. The summed E-state index contributed by atoms with van der Waals surface area (Å²) in [7, 11) is -3.20. The second-order valence-corrected chi connectivity index (χ2v) is 9.01. The molecule has 2 aliphatic rings. The van der Waals surface area contributed by atoms with E-state index in [9.17, 15) is 13.2 Å². The van der Waals surface area contributed by atoms with E-state index < -0.39 is 10.0 Å². The fraction of sp³-hybridized carbons (Fsp3) is 0.611. The number of carbonyl (C=O) groups is 1. The Kier molecular flexibility index (Phi) is 5.13. The molecule has 1 heterocycles. The summed E-state index contributed by atoms with van der Waals surface area (Å²) in [6.07, 6.45) is 7.21. The predicted octanol–water partition coefficient (Wildman–Crippen LogP) is 3.44. The van der Waals surface area contributed by atoms with E-state index in [1.165, 1.54) is 23.6 Å². The van der Waals surface area contributed by atoms with Crippen molar-refractivity contribution in [1.29, 1.82) is 0 Å². The molecule has 132 valence electrons. The first kappa shape index (κ1) is 17.3. The Bertz CT molecular complexity index is 709. The average molecular weight is 350 g/mol. The minimum Gasteiger partial charge on any atom is -0.326 e. The van der Waals surface area contributed by atoms with Crippen molar-refractivity contribution in [2.24, 2.45) is 5.92 Å². The van der Waals surface area contributed by atoms with Gasteiger partial charge in [0.2, 0.25) is 15.9 Å². The molecule has 1 aliphatic carbocycles. The summed E-state index contributed by atoms with van der Waals surface area (Å²) in [5, 5.41) is 2.99. The van der Waals surface area contributed by atoms with Gasteiger partial charge >= 0.3 is 0 Å². The van der Waals surface area contributed by atoms with Gasteiger partial charge in [-0.15, -0.1) is 0 Å². The summed E-state index contributed by atoms with van der Waals surface area (Å²) in [6.45, 7) is 2.44. The van der Waals surface area contributed by atoms with E-state index in [1.807, 2.05) is 19.1 Å². The van der Waals surface area contributed by atoms with Crippen LogP contribution in [0.2, 0.25) is 0 Å². The zero-order valence-corrected chi connectivity index (χ0v) is 15.1. The molecule has 1 amide bonds. The van der Waals surface area contributed by atoms with Crippen LogP contribution < -0.4 is 9.62 Å². The third-order valence-corrected chi connectivity index (χ3v) is 6.95. The number of rotatable bonds is 4. The highest BCUT2D eigenvalue weighted by atomic mass is 32.2. The fourth-order valence-corrected chi connectivity index (χ4v) is 5.24. The number of amides is 1. The van der Waals surface area contributed by atoms with Crippen LogP contribution in [0.4, 0.5) is 11.4 Å². The van der Waals surface area contributed by atoms with Crippen molar-refractivity contribution in [2.75, 3.05) is 21.9 Å². The number of carbonyl (C=O) groups excluding carboxylic acids is 1. The Morgan fingerprint density at radius 3 is 2.62 bits per heavy atom. The first-order chi connectivity index (χ1) is 11.5. The van der Waals surface area contributed by atoms with Gasteiger partial charge in [-0.05, 0) is 49.8 Å². The van der Waals surface area contributed by atoms with Crippen LogP contribution in [0.15, 0.2) is 18.2 Å². The molecule has 1 aliphatic heterocycles. The average Bonchev–Trinajstić information content (AvgIpc) is 2.90. The third-order valence-electron chi connectivity index (χ3n) is 5.08. The molecule has 24 heavy (non-hydrogen) atoms. The van der Waals surface area contributed by atoms with Crippen LogP contribution in [-0.2, 0) is 14.8 Å². The maximum atomic E-state index is 12.3.